The van der Waals surface area contributed by atoms with Gasteiger partial charge in [0.15, 0.2) is 0 Å². The fraction of sp³-hybridized carbons (Fsp3) is 0.238. The number of amides is 3. The van der Waals surface area contributed by atoms with E-state index < -0.39 is 6.03 Å². The number of benzene rings is 2. The molecule has 0 unspecified atom stereocenters. The van der Waals surface area contributed by atoms with E-state index in [0.717, 1.165) is 6.42 Å². The molecule has 2 aliphatic carbocycles. The Morgan fingerprint density at radius 3 is 2.48 bits per heavy atom. The third-order valence-corrected chi connectivity index (χ3v) is 4.90. The van der Waals surface area contributed by atoms with Crippen LogP contribution in [0.3, 0.4) is 0 Å². The molecule has 1 heterocycles. The lowest BCUT2D eigenvalue weighted by atomic mass is 9.89. The first kappa shape index (κ1) is 15.6. The lowest BCUT2D eigenvalue weighted by molar-refractivity contribution is -0.117. The van der Waals surface area contributed by atoms with E-state index >= 15 is 0 Å². The van der Waals surface area contributed by atoms with Crippen molar-refractivity contribution in [2.24, 2.45) is 0 Å². The second-order valence-electron chi connectivity index (χ2n) is 6.48. The lowest BCUT2D eigenvalue weighted by Gasteiger charge is -2.16. The fourth-order valence-electron chi connectivity index (χ4n) is 3.73. The Morgan fingerprint density at radius 1 is 0.840 bits per heavy atom. The van der Waals surface area contributed by atoms with Gasteiger partial charge in [0.05, 0.1) is 6.54 Å². The van der Waals surface area contributed by atoms with Gasteiger partial charge >= 0.3 is 6.03 Å². The highest BCUT2D eigenvalue weighted by Crippen LogP contribution is 2.17. The summed E-state index contributed by atoms with van der Waals surface area (Å²) in [6.45, 7) is 0.124. The van der Waals surface area contributed by atoms with Gasteiger partial charge in [0.25, 0.3) is 0 Å². The molecule has 0 spiro atoms. The Morgan fingerprint density at radius 2 is 1.72 bits per heavy atom. The number of nitrogens with one attached hydrogen (secondary N) is 2. The van der Waals surface area contributed by atoms with Crippen LogP contribution >= 0.6 is 0 Å². The highest BCUT2D eigenvalue weighted by Gasteiger charge is 2.14. The van der Waals surface area contributed by atoms with Crippen molar-refractivity contribution in [3.8, 4) is 0 Å². The lowest BCUT2D eigenvalue weighted by Crippen LogP contribution is -2.22. The quantitative estimate of drug-likeness (QED) is 0.714. The molecule has 3 amide bonds. The molecular formula is C21H20N2O2. The normalized spacial score (nSPS) is 16.6. The van der Waals surface area contributed by atoms with Crippen molar-refractivity contribution in [2.75, 3.05) is 6.54 Å². The Bertz CT molecular complexity index is 1060. The Labute approximate surface area is 145 Å². The second kappa shape index (κ2) is 6.55. The summed E-state index contributed by atoms with van der Waals surface area (Å²) in [5.41, 5.74) is 3.17. The van der Waals surface area contributed by atoms with E-state index in [9.17, 15) is 9.59 Å². The second-order valence-corrected chi connectivity index (χ2v) is 6.48. The van der Waals surface area contributed by atoms with Crippen LogP contribution in [0.2, 0.25) is 0 Å². The van der Waals surface area contributed by atoms with Crippen molar-refractivity contribution in [3.63, 3.8) is 0 Å². The van der Waals surface area contributed by atoms with Crippen LogP contribution in [0.25, 0.3) is 12.2 Å². The van der Waals surface area contributed by atoms with Gasteiger partial charge in [-0.3, -0.25) is 10.1 Å². The minimum absolute atomic E-state index is 0.124. The Hall–Kier alpha value is -2.88. The zero-order valence-corrected chi connectivity index (χ0v) is 14.0. The molecule has 4 nitrogen and oxygen atoms in total. The molecule has 1 saturated heterocycles. The van der Waals surface area contributed by atoms with Crippen molar-refractivity contribution < 1.29 is 9.59 Å². The number of carbonyl (C=O) groups is 2. The summed E-state index contributed by atoms with van der Waals surface area (Å²) in [5.74, 6) is -0.259. The smallest absolute Gasteiger partial charge is 0.321 e. The summed E-state index contributed by atoms with van der Waals surface area (Å²) in [7, 11) is 0. The van der Waals surface area contributed by atoms with E-state index in [2.05, 4.69) is 53.9 Å². The maximum atomic E-state index is 10.1. The van der Waals surface area contributed by atoms with Crippen LogP contribution in [-0.2, 0) is 17.6 Å². The van der Waals surface area contributed by atoms with E-state index in [1.807, 2.05) is 5.32 Å². The molecule has 2 aromatic carbocycles. The molecular weight excluding hydrogens is 312 g/mol. The molecule has 3 aliphatic rings. The van der Waals surface area contributed by atoms with Crippen molar-refractivity contribution >= 4 is 24.1 Å². The maximum Gasteiger partial charge on any atom is 0.321 e. The van der Waals surface area contributed by atoms with Crippen molar-refractivity contribution in [1.29, 1.82) is 0 Å². The predicted octanol–water partition coefficient (Wildman–Crippen LogP) is 1.25. The first-order valence-corrected chi connectivity index (χ1v) is 8.70. The molecule has 1 fully saturated rings. The minimum atomic E-state index is -0.398. The van der Waals surface area contributed by atoms with Crippen LogP contribution in [0.15, 0.2) is 36.4 Å². The highest BCUT2D eigenvalue weighted by atomic mass is 16.2. The number of hydrogen-bond donors (Lipinski definition) is 2. The largest absolute Gasteiger partial charge is 0.329 e. The molecule has 25 heavy (non-hydrogen) atoms. The first-order chi connectivity index (χ1) is 12.2. The van der Waals surface area contributed by atoms with Gasteiger partial charge in [0.2, 0.25) is 5.91 Å². The Kier molecular flexibility index (Phi) is 4.10. The number of carbonyl (C=O) groups excluding carboxylic acids is 2. The van der Waals surface area contributed by atoms with Gasteiger partial charge in [-0.05, 0) is 57.7 Å². The van der Waals surface area contributed by atoms with Gasteiger partial charge < -0.3 is 5.32 Å². The molecule has 1 aliphatic heterocycles. The van der Waals surface area contributed by atoms with Crippen molar-refractivity contribution in [1.82, 2.24) is 10.6 Å². The van der Waals surface area contributed by atoms with Crippen LogP contribution in [0, 0.1) is 10.4 Å². The number of imide groups is 1. The molecule has 126 valence electrons. The van der Waals surface area contributed by atoms with Gasteiger partial charge in [0, 0.05) is 0 Å². The van der Waals surface area contributed by atoms with Crippen LogP contribution in [0.5, 0.6) is 0 Å². The zero-order valence-electron chi connectivity index (χ0n) is 14.0. The maximum absolute atomic E-state index is 10.1. The SMILES string of the molecule is C1=c2ccc3c(c2CCC1)CC=c1ccccc1=3.O=C1CNC(=O)N1. The molecule has 5 rings (SSSR count). The zero-order chi connectivity index (χ0) is 17.2. The third-order valence-electron chi connectivity index (χ3n) is 4.90. The van der Waals surface area contributed by atoms with E-state index in [1.54, 1.807) is 11.1 Å². The topological polar surface area (TPSA) is 58.2 Å². The average Bonchev–Trinajstić information content (AvgIpc) is 3.04. The van der Waals surface area contributed by atoms with Gasteiger partial charge in [0.1, 0.15) is 0 Å². The number of urea groups is 1. The van der Waals surface area contributed by atoms with E-state index in [1.165, 1.54) is 40.1 Å². The van der Waals surface area contributed by atoms with Crippen LogP contribution < -0.4 is 21.1 Å². The van der Waals surface area contributed by atoms with Crippen LogP contribution in [0.4, 0.5) is 4.79 Å². The summed E-state index contributed by atoms with van der Waals surface area (Å²) < 4.78 is 0. The van der Waals surface area contributed by atoms with Crippen LogP contribution in [-0.4, -0.2) is 18.5 Å². The molecule has 0 atom stereocenters. The van der Waals surface area contributed by atoms with Crippen LogP contribution in [0.1, 0.15) is 24.0 Å². The Balaban J connectivity index is 0.000000190. The van der Waals surface area contributed by atoms with E-state index in [4.69, 9.17) is 0 Å². The molecule has 0 radical (unpaired) electrons. The molecule has 2 N–H and O–H groups in total. The van der Waals surface area contributed by atoms with E-state index in [0.29, 0.717) is 0 Å². The summed E-state index contributed by atoms with van der Waals surface area (Å²) in [6.07, 6.45) is 9.69. The fourth-order valence-corrected chi connectivity index (χ4v) is 3.73. The number of fused-ring (bicyclic) bond motifs is 4. The number of hydrogen-bond acceptors (Lipinski definition) is 2. The average molecular weight is 332 g/mol. The van der Waals surface area contributed by atoms with Gasteiger partial charge in [-0.2, -0.15) is 0 Å². The monoisotopic (exact) mass is 332 g/mol. The van der Waals surface area contributed by atoms with E-state index in [-0.39, 0.29) is 12.5 Å². The minimum Gasteiger partial charge on any atom is -0.329 e. The van der Waals surface area contributed by atoms with Gasteiger partial charge in [-0.1, -0.05) is 48.6 Å². The van der Waals surface area contributed by atoms with Crippen molar-refractivity contribution in [2.45, 2.75) is 25.7 Å². The molecule has 4 heteroatoms. The van der Waals surface area contributed by atoms with Gasteiger partial charge in [-0.15, -0.1) is 0 Å². The third kappa shape index (κ3) is 3.07. The molecule has 0 bridgehead atoms. The van der Waals surface area contributed by atoms with Gasteiger partial charge in [-0.25, -0.2) is 4.79 Å². The predicted molar refractivity (Wildman–Crippen MR) is 96.9 cm³/mol. The standard InChI is InChI=1S/C18H16.C3H4N2O2/c1-3-7-15-13(5-1)9-11-18-16-8-4-2-6-14(16)10-12-17(15)18;6-2-1-4-3(7)5-2/h1,3,5-7,9-10,12H,2,4,8,11H2;1H2,(H2,4,5,6,7). The summed E-state index contributed by atoms with van der Waals surface area (Å²) in [6, 6.07) is 13.0. The first-order valence-electron chi connectivity index (χ1n) is 8.70. The van der Waals surface area contributed by atoms with Crippen molar-refractivity contribution in [3.05, 3.63) is 68.4 Å². The molecule has 0 aromatic heterocycles. The molecule has 2 aromatic rings. The summed E-state index contributed by atoms with van der Waals surface area (Å²) in [4.78, 5) is 20.1. The molecule has 0 saturated carbocycles. The number of rotatable bonds is 0. The highest BCUT2D eigenvalue weighted by molar-refractivity contribution is 6.01. The summed E-state index contributed by atoms with van der Waals surface area (Å²) >= 11 is 0. The summed E-state index contributed by atoms with van der Waals surface area (Å²) in [5, 5.41) is 10.0.